The van der Waals surface area contributed by atoms with Crippen molar-refractivity contribution >= 4 is 23.3 Å². The summed E-state index contributed by atoms with van der Waals surface area (Å²) in [4.78, 5) is 19.6. The Morgan fingerprint density at radius 2 is 2.14 bits per heavy atom. The molecular weight excluding hydrogens is 346 g/mol. The lowest BCUT2D eigenvalue weighted by molar-refractivity contribution is -0.117. The lowest BCUT2D eigenvalue weighted by Gasteiger charge is -2.41. The predicted octanol–water partition coefficient (Wildman–Crippen LogP) is 3.97. The lowest BCUT2D eigenvalue weighted by Crippen LogP contribution is -2.39. The molecule has 0 amide bonds. The number of hydrogen-bond acceptors (Lipinski definition) is 3. The van der Waals surface area contributed by atoms with Crippen LogP contribution in [0.2, 0.25) is 0 Å². The van der Waals surface area contributed by atoms with Gasteiger partial charge < -0.3 is 9.47 Å². The summed E-state index contributed by atoms with van der Waals surface area (Å²) in [5, 5.41) is 0. The Balaban J connectivity index is 1.59. The van der Waals surface area contributed by atoms with Gasteiger partial charge in [0.25, 0.3) is 0 Å². The predicted molar refractivity (Wildman–Crippen MR) is 114 cm³/mol. The first-order valence-electron chi connectivity index (χ1n) is 10.3. The number of ketones is 1. The minimum Gasteiger partial charge on any atom is -0.314 e. The van der Waals surface area contributed by atoms with Crippen LogP contribution in [0.15, 0.2) is 53.8 Å². The van der Waals surface area contributed by atoms with Crippen molar-refractivity contribution in [1.82, 2.24) is 9.47 Å². The van der Waals surface area contributed by atoms with Gasteiger partial charge in [0.05, 0.1) is 17.1 Å². The quantitative estimate of drug-likeness (QED) is 0.736. The van der Waals surface area contributed by atoms with Crippen molar-refractivity contribution in [2.24, 2.45) is 22.2 Å². The van der Waals surface area contributed by atoms with E-state index in [1.165, 1.54) is 35.7 Å². The molecule has 3 heterocycles. The molecule has 5 rings (SSSR count). The van der Waals surface area contributed by atoms with Crippen molar-refractivity contribution in [1.29, 1.82) is 0 Å². The van der Waals surface area contributed by atoms with Gasteiger partial charge in [-0.05, 0) is 68.6 Å². The van der Waals surface area contributed by atoms with E-state index in [1.54, 1.807) is 0 Å². The molecule has 144 valence electrons. The van der Waals surface area contributed by atoms with Gasteiger partial charge in [0, 0.05) is 29.8 Å². The van der Waals surface area contributed by atoms with Crippen LogP contribution in [0.25, 0.3) is 11.3 Å². The number of aliphatic imine (C=N–C) groups is 1. The van der Waals surface area contributed by atoms with Crippen molar-refractivity contribution in [3.8, 4) is 0 Å². The number of carbonyl (C=O) groups excluding carboxylic acids is 1. The molecule has 28 heavy (non-hydrogen) atoms. The van der Waals surface area contributed by atoms with Gasteiger partial charge in [-0.3, -0.25) is 9.79 Å². The van der Waals surface area contributed by atoms with Crippen molar-refractivity contribution in [2.45, 2.75) is 26.2 Å². The normalized spacial score (nSPS) is 27.9. The zero-order chi connectivity index (χ0) is 19.5. The Kier molecular flexibility index (Phi) is 3.95. The molecule has 0 saturated carbocycles. The van der Waals surface area contributed by atoms with E-state index in [0.29, 0.717) is 0 Å². The van der Waals surface area contributed by atoms with Gasteiger partial charge in [-0.15, -0.1) is 0 Å². The zero-order valence-electron chi connectivity index (χ0n) is 16.7. The molecule has 0 N–H and O–H groups in total. The summed E-state index contributed by atoms with van der Waals surface area (Å²) in [5.74, 6) is -0.0749. The Morgan fingerprint density at radius 3 is 2.89 bits per heavy atom. The molecule has 4 aliphatic rings. The number of rotatable bonds is 2. The maximum absolute atomic E-state index is 12.3. The third-order valence-electron chi connectivity index (χ3n) is 7.06. The van der Waals surface area contributed by atoms with Gasteiger partial charge in [-0.2, -0.15) is 0 Å². The van der Waals surface area contributed by atoms with Gasteiger partial charge in [0.2, 0.25) is 0 Å². The highest BCUT2D eigenvalue weighted by atomic mass is 16.1. The lowest BCUT2D eigenvalue weighted by atomic mass is 9.69. The summed E-state index contributed by atoms with van der Waals surface area (Å²) in [6, 6.07) is 2.28. The number of allylic oxidation sites excluding steroid dienone is 7. The van der Waals surface area contributed by atoms with Crippen LogP contribution in [0.4, 0.5) is 0 Å². The molecule has 1 spiro atoms. The molecule has 4 nitrogen and oxygen atoms in total. The minimum absolute atomic E-state index is 0.0397. The number of fused-ring (bicyclic) bond motifs is 1. The van der Waals surface area contributed by atoms with Crippen LogP contribution in [-0.2, 0) is 11.2 Å². The number of nitrogens with zero attached hydrogens (tertiary/aromatic N) is 3. The van der Waals surface area contributed by atoms with Gasteiger partial charge >= 0.3 is 0 Å². The largest absolute Gasteiger partial charge is 0.314 e. The maximum Gasteiger partial charge on any atom is 0.162 e. The molecule has 2 aliphatic heterocycles. The highest BCUT2D eigenvalue weighted by molar-refractivity contribution is 6.12. The Bertz CT molecular complexity index is 979. The molecule has 0 radical (unpaired) electrons. The van der Waals surface area contributed by atoms with E-state index in [2.05, 4.69) is 54.4 Å². The second kappa shape index (κ2) is 6.28. The second-order valence-electron chi connectivity index (χ2n) is 8.81. The average molecular weight is 374 g/mol. The first-order chi connectivity index (χ1) is 13.5. The van der Waals surface area contributed by atoms with Gasteiger partial charge in [0.1, 0.15) is 0 Å². The first-order valence-corrected chi connectivity index (χ1v) is 10.3. The Morgan fingerprint density at radius 1 is 1.36 bits per heavy atom. The van der Waals surface area contributed by atoms with Crippen molar-refractivity contribution in [3.63, 3.8) is 0 Å². The molecule has 2 unspecified atom stereocenters. The molecule has 1 aromatic rings. The van der Waals surface area contributed by atoms with E-state index in [1.807, 2.05) is 12.3 Å². The molecule has 1 saturated heterocycles. The zero-order valence-corrected chi connectivity index (χ0v) is 16.7. The molecule has 2 atom stereocenters. The monoisotopic (exact) mass is 373 g/mol. The van der Waals surface area contributed by atoms with Crippen LogP contribution < -0.4 is 0 Å². The number of carbonyl (C=O) groups is 1. The average Bonchev–Trinajstić information content (AvgIpc) is 3.04. The Hall–Kier alpha value is -2.46. The summed E-state index contributed by atoms with van der Waals surface area (Å²) in [6.07, 6.45) is 15.7. The molecule has 1 aromatic heterocycles. The summed E-state index contributed by atoms with van der Waals surface area (Å²) >= 11 is 0. The fourth-order valence-electron chi connectivity index (χ4n) is 5.31. The molecule has 2 aliphatic carbocycles. The fraction of sp³-hybridized carbons (Fsp3) is 0.417. The number of piperidine rings is 1. The smallest absolute Gasteiger partial charge is 0.162 e. The van der Waals surface area contributed by atoms with Crippen LogP contribution in [0.1, 0.15) is 31.0 Å². The summed E-state index contributed by atoms with van der Waals surface area (Å²) in [6.45, 7) is 8.06. The topological polar surface area (TPSA) is 37.6 Å². The van der Waals surface area contributed by atoms with E-state index < -0.39 is 0 Å². The van der Waals surface area contributed by atoms with Crippen LogP contribution in [0, 0.1) is 17.3 Å². The van der Waals surface area contributed by atoms with E-state index >= 15 is 0 Å². The summed E-state index contributed by atoms with van der Waals surface area (Å²) in [7, 11) is 2.21. The standard InChI is InChI=1S/C24H27N3O/c1-4-21(28)19-5-6-20-22(16(19)2)25-15-18-14-24(8-11-26(3)12-9-24)13-17-7-10-27(20)23(17)18/h4-7,10,14-16,19H,1,8-9,11-13H2,2-3H3. The maximum atomic E-state index is 12.3. The number of likely N-dealkylation sites (tertiary alicyclic amines) is 1. The van der Waals surface area contributed by atoms with Crippen LogP contribution in [-0.4, -0.2) is 41.6 Å². The molecule has 4 heteroatoms. The summed E-state index contributed by atoms with van der Waals surface area (Å²) < 4.78 is 2.28. The first kappa shape index (κ1) is 17.6. The number of hydrogen-bond donors (Lipinski definition) is 0. The summed E-state index contributed by atoms with van der Waals surface area (Å²) in [5.41, 5.74) is 6.28. The van der Waals surface area contributed by atoms with E-state index in [4.69, 9.17) is 4.99 Å². The third-order valence-corrected chi connectivity index (χ3v) is 7.06. The molecule has 0 bridgehead atoms. The van der Waals surface area contributed by atoms with E-state index in [9.17, 15) is 4.79 Å². The second-order valence-corrected chi connectivity index (χ2v) is 8.81. The third kappa shape index (κ3) is 2.55. The van der Waals surface area contributed by atoms with E-state index in [-0.39, 0.29) is 23.0 Å². The number of aromatic nitrogens is 1. The highest BCUT2D eigenvalue weighted by Crippen LogP contribution is 2.46. The minimum atomic E-state index is -0.178. The van der Waals surface area contributed by atoms with Crippen molar-refractivity contribution < 1.29 is 4.79 Å². The van der Waals surface area contributed by atoms with Crippen molar-refractivity contribution in [2.75, 3.05) is 20.1 Å². The van der Waals surface area contributed by atoms with Crippen LogP contribution in [0.5, 0.6) is 0 Å². The van der Waals surface area contributed by atoms with E-state index in [0.717, 1.165) is 30.9 Å². The highest BCUT2D eigenvalue weighted by Gasteiger charge is 2.39. The van der Waals surface area contributed by atoms with Crippen molar-refractivity contribution in [3.05, 3.63) is 60.1 Å². The fourth-order valence-corrected chi connectivity index (χ4v) is 5.31. The van der Waals surface area contributed by atoms with Gasteiger partial charge in [-0.25, -0.2) is 0 Å². The molecule has 0 aromatic carbocycles. The van der Waals surface area contributed by atoms with Crippen LogP contribution in [0.3, 0.4) is 0 Å². The van der Waals surface area contributed by atoms with Crippen LogP contribution >= 0.6 is 0 Å². The SMILES string of the molecule is C=CC(=O)C1C=CC2=C(N=CC3=CC4(CCN(C)CC4)Cc4ccn2c43)C1C. The Labute approximate surface area is 166 Å². The van der Waals surface area contributed by atoms with Gasteiger partial charge in [0.15, 0.2) is 5.78 Å². The molecule has 1 fully saturated rings. The molecular formula is C24H27N3O. The van der Waals surface area contributed by atoms with Gasteiger partial charge in [-0.1, -0.05) is 25.7 Å².